The quantitative estimate of drug-likeness (QED) is 0.857. The molecule has 0 spiro atoms. The first kappa shape index (κ1) is 15.4. The summed E-state index contributed by atoms with van der Waals surface area (Å²) in [4.78, 5) is 0.385. The van der Waals surface area contributed by atoms with Crippen LogP contribution in [0.15, 0.2) is 29.2 Å². The van der Waals surface area contributed by atoms with E-state index in [0.29, 0.717) is 24.7 Å². The molecule has 0 radical (unpaired) electrons. The van der Waals surface area contributed by atoms with Crippen molar-refractivity contribution < 1.29 is 13.2 Å². The second-order valence-electron chi connectivity index (χ2n) is 4.93. The summed E-state index contributed by atoms with van der Waals surface area (Å²) in [6.07, 6.45) is 0.755. The van der Waals surface area contributed by atoms with Gasteiger partial charge in [-0.3, -0.25) is 0 Å². The molecule has 1 aliphatic rings. The van der Waals surface area contributed by atoms with Gasteiger partial charge in [-0.1, -0.05) is 25.1 Å². The van der Waals surface area contributed by atoms with Crippen LogP contribution in [0.3, 0.4) is 0 Å². The lowest BCUT2D eigenvalue weighted by molar-refractivity contribution is 0.181. The van der Waals surface area contributed by atoms with Crippen molar-refractivity contribution in [2.24, 2.45) is 0 Å². The first-order chi connectivity index (χ1) is 9.57. The minimum Gasteiger partial charge on any atom is -0.380 e. The van der Waals surface area contributed by atoms with Crippen LogP contribution in [0.4, 0.5) is 0 Å². The number of hydrogen-bond donors (Lipinski definition) is 1. The van der Waals surface area contributed by atoms with Gasteiger partial charge in [0.05, 0.1) is 17.5 Å². The molecule has 0 bridgehead atoms. The molecule has 1 aliphatic heterocycles. The van der Waals surface area contributed by atoms with E-state index in [9.17, 15) is 8.42 Å². The Bertz CT molecular complexity index is 539. The fourth-order valence-corrected chi connectivity index (χ4v) is 3.91. The van der Waals surface area contributed by atoms with Crippen LogP contribution in [0.1, 0.15) is 18.9 Å². The predicted molar refractivity (Wildman–Crippen MR) is 78.0 cm³/mol. The number of nitrogens with one attached hydrogen (secondary N) is 1. The maximum Gasteiger partial charge on any atom is 0.243 e. The van der Waals surface area contributed by atoms with E-state index in [-0.39, 0.29) is 6.04 Å². The highest BCUT2D eigenvalue weighted by Gasteiger charge is 2.31. The third-order valence-corrected chi connectivity index (χ3v) is 5.63. The Hall–Kier alpha value is -0.950. The standard InChI is InChI=1S/C14H22N2O3S/c1-3-15-10-12-6-4-5-7-14(12)20(17,18)16(2)13-8-9-19-11-13/h4-7,13,15H,3,8-11H2,1-2H3. The molecule has 0 saturated carbocycles. The zero-order valence-electron chi connectivity index (χ0n) is 12.0. The summed E-state index contributed by atoms with van der Waals surface area (Å²) in [5, 5.41) is 3.18. The van der Waals surface area contributed by atoms with Crippen molar-refractivity contribution >= 4 is 10.0 Å². The molecule has 1 aromatic rings. The van der Waals surface area contributed by atoms with Gasteiger partial charge >= 0.3 is 0 Å². The summed E-state index contributed by atoms with van der Waals surface area (Å²) in [5.74, 6) is 0. The van der Waals surface area contributed by atoms with Gasteiger partial charge in [-0.2, -0.15) is 4.31 Å². The SMILES string of the molecule is CCNCc1ccccc1S(=O)(=O)N(C)C1CCOC1. The number of benzene rings is 1. The molecule has 5 nitrogen and oxygen atoms in total. The van der Waals surface area contributed by atoms with Crippen molar-refractivity contribution in [3.8, 4) is 0 Å². The minimum absolute atomic E-state index is 0.0628. The molecule has 1 N–H and O–H groups in total. The number of rotatable bonds is 6. The highest BCUT2D eigenvalue weighted by Crippen LogP contribution is 2.23. The van der Waals surface area contributed by atoms with Crippen LogP contribution in [-0.2, 0) is 21.3 Å². The summed E-state index contributed by atoms with van der Waals surface area (Å²) in [7, 11) is -1.83. The van der Waals surface area contributed by atoms with E-state index in [1.54, 1.807) is 19.2 Å². The molecule has 112 valence electrons. The highest BCUT2D eigenvalue weighted by atomic mass is 32.2. The molecule has 20 heavy (non-hydrogen) atoms. The first-order valence-corrected chi connectivity index (χ1v) is 8.35. The summed E-state index contributed by atoms with van der Waals surface area (Å²) in [5.41, 5.74) is 0.806. The Kier molecular flexibility index (Phi) is 5.15. The predicted octanol–water partition coefficient (Wildman–Crippen LogP) is 1.21. The Morgan fingerprint density at radius 2 is 2.15 bits per heavy atom. The molecule has 0 aliphatic carbocycles. The lowest BCUT2D eigenvalue weighted by Crippen LogP contribution is -2.37. The lowest BCUT2D eigenvalue weighted by atomic mass is 10.2. The van der Waals surface area contributed by atoms with E-state index in [1.165, 1.54) is 4.31 Å². The molecular weight excluding hydrogens is 276 g/mol. The van der Waals surface area contributed by atoms with Crippen molar-refractivity contribution in [1.82, 2.24) is 9.62 Å². The Morgan fingerprint density at radius 1 is 1.40 bits per heavy atom. The van der Waals surface area contributed by atoms with Crippen molar-refractivity contribution in [1.29, 1.82) is 0 Å². The first-order valence-electron chi connectivity index (χ1n) is 6.91. The van der Waals surface area contributed by atoms with E-state index >= 15 is 0 Å². The topological polar surface area (TPSA) is 58.6 Å². The normalized spacial score (nSPS) is 19.6. The minimum atomic E-state index is -3.47. The van der Waals surface area contributed by atoms with Crippen molar-refractivity contribution in [3.05, 3.63) is 29.8 Å². The second-order valence-corrected chi connectivity index (χ2v) is 6.89. The summed E-state index contributed by atoms with van der Waals surface area (Å²) >= 11 is 0. The Labute approximate surface area is 121 Å². The monoisotopic (exact) mass is 298 g/mol. The number of likely N-dealkylation sites (N-methyl/N-ethyl adjacent to an activating group) is 1. The van der Waals surface area contributed by atoms with Crippen LogP contribution in [0.5, 0.6) is 0 Å². The van der Waals surface area contributed by atoms with Gasteiger partial charge in [0.25, 0.3) is 0 Å². The summed E-state index contributed by atoms with van der Waals surface area (Å²) < 4.78 is 32.2. The van der Waals surface area contributed by atoms with Gasteiger partial charge < -0.3 is 10.1 Å². The van der Waals surface area contributed by atoms with Gasteiger partial charge in [0, 0.05) is 20.2 Å². The number of hydrogen-bond acceptors (Lipinski definition) is 4. The molecule has 2 rings (SSSR count). The van der Waals surface area contributed by atoms with E-state index in [1.807, 2.05) is 19.1 Å². The number of sulfonamides is 1. The Balaban J connectivity index is 2.28. The number of nitrogens with zero attached hydrogens (tertiary/aromatic N) is 1. The van der Waals surface area contributed by atoms with E-state index in [4.69, 9.17) is 4.74 Å². The van der Waals surface area contributed by atoms with Gasteiger partial charge in [-0.15, -0.1) is 0 Å². The van der Waals surface area contributed by atoms with Gasteiger partial charge in [0.1, 0.15) is 0 Å². The second kappa shape index (κ2) is 6.67. The lowest BCUT2D eigenvalue weighted by Gasteiger charge is -2.24. The van der Waals surface area contributed by atoms with E-state index < -0.39 is 10.0 Å². The van der Waals surface area contributed by atoms with Gasteiger partial charge in [-0.25, -0.2) is 8.42 Å². The fraction of sp³-hybridized carbons (Fsp3) is 0.571. The maximum absolute atomic E-state index is 12.7. The molecule has 1 heterocycles. The van der Waals surface area contributed by atoms with Crippen LogP contribution in [0.2, 0.25) is 0 Å². The molecule has 1 unspecified atom stereocenters. The Morgan fingerprint density at radius 3 is 2.80 bits per heavy atom. The van der Waals surface area contributed by atoms with Gasteiger partial charge in [0.2, 0.25) is 10.0 Å². The molecule has 1 aromatic carbocycles. The van der Waals surface area contributed by atoms with Crippen LogP contribution >= 0.6 is 0 Å². The van der Waals surface area contributed by atoms with Crippen LogP contribution < -0.4 is 5.32 Å². The average molecular weight is 298 g/mol. The van der Waals surface area contributed by atoms with Crippen molar-refractivity contribution in [2.45, 2.75) is 30.8 Å². The number of ether oxygens (including phenoxy) is 1. The molecule has 0 aromatic heterocycles. The van der Waals surface area contributed by atoms with Gasteiger partial charge in [-0.05, 0) is 24.6 Å². The fourth-order valence-electron chi connectivity index (χ4n) is 2.32. The van der Waals surface area contributed by atoms with E-state index in [2.05, 4.69) is 5.32 Å². The van der Waals surface area contributed by atoms with Crippen LogP contribution in [0.25, 0.3) is 0 Å². The van der Waals surface area contributed by atoms with Crippen LogP contribution in [0, 0.1) is 0 Å². The zero-order valence-corrected chi connectivity index (χ0v) is 12.8. The van der Waals surface area contributed by atoms with Crippen LogP contribution in [-0.4, -0.2) is 45.6 Å². The molecular formula is C14H22N2O3S. The molecule has 1 atom stereocenters. The molecule has 6 heteroatoms. The van der Waals surface area contributed by atoms with Gasteiger partial charge in [0.15, 0.2) is 0 Å². The third kappa shape index (κ3) is 3.20. The summed E-state index contributed by atoms with van der Waals surface area (Å²) in [6, 6.07) is 7.10. The third-order valence-electron chi connectivity index (χ3n) is 3.61. The molecule has 1 fully saturated rings. The molecule has 0 amide bonds. The maximum atomic E-state index is 12.7. The largest absolute Gasteiger partial charge is 0.380 e. The summed E-state index contributed by atoms with van der Waals surface area (Å²) in [6.45, 7) is 4.47. The molecule has 1 saturated heterocycles. The zero-order chi connectivity index (χ0) is 14.6. The van der Waals surface area contributed by atoms with Crippen molar-refractivity contribution in [3.63, 3.8) is 0 Å². The van der Waals surface area contributed by atoms with E-state index in [0.717, 1.165) is 18.5 Å². The highest BCUT2D eigenvalue weighted by molar-refractivity contribution is 7.89. The van der Waals surface area contributed by atoms with Crippen molar-refractivity contribution in [2.75, 3.05) is 26.8 Å². The average Bonchev–Trinajstić information content (AvgIpc) is 2.98. The smallest absolute Gasteiger partial charge is 0.243 e.